The van der Waals surface area contributed by atoms with Crippen molar-refractivity contribution in [3.8, 4) is 0 Å². The van der Waals surface area contributed by atoms with Crippen LogP contribution in [0, 0.1) is 5.92 Å². The van der Waals surface area contributed by atoms with Gasteiger partial charge in [-0.05, 0) is 33.1 Å². The molecule has 0 spiro atoms. The second-order valence-electron chi connectivity index (χ2n) is 5.39. The molecular formula is C11H20N2O3. The van der Waals surface area contributed by atoms with E-state index in [1.165, 1.54) is 4.90 Å². The predicted molar refractivity (Wildman–Crippen MR) is 59.7 cm³/mol. The predicted octanol–water partition coefficient (Wildman–Crippen LogP) is 1.12. The van der Waals surface area contributed by atoms with Crippen molar-refractivity contribution >= 4 is 12.0 Å². The number of rotatable bonds is 1. The van der Waals surface area contributed by atoms with Crippen molar-refractivity contribution in [3.63, 3.8) is 0 Å². The zero-order chi connectivity index (χ0) is 12.5. The molecule has 0 radical (unpaired) electrons. The zero-order valence-electron chi connectivity index (χ0n) is 10.3. The number of hydrogen-bond donors (Lipinski definition) is 1. The first-order valence-corrected chi connectivity index (χ1v) is 5.49. The second-order valence-corrected chi connectivity index (χ2v) is 5.39. The quantitative estimate of drug-likeness (QED) is 0.730. The Morgan fingerprint density at radius 3 is 2.38 bits per heavy atom. The minimum atomic E-state index is -0.550. The van der Waals surface area contributed by atoms with Crippen molar-refractivity contribution < 1.29 is 14.3 Å². The highest BCUT2D eigenvalue weighted by molar-refractivity contribution is 5.85. The highest BCUT2D eigenvalue weighted by atomic mass is 16.6. The van der Waals surface area contributed by atoms with Crippen LogP contribution in [-0.4, -0.2) is 35.1 Å². The monoisotopic (exact) mass is 228 g/mol. The Morgan fingerprint density at radius 2 is 1.94 bits per heavy atom. The van der Waals surface area contributed by atoms with E-state index in [0.717, 1.165) is 0 Å². The fourth-order valence-electron chi connectivity index (χ4n) is 1.84. The molecule has 1 saturated heterocycles. The van der Waals surface area contributed by atoms with Crippen LogP contribution in [0.15, 0.2) is 0 Å². The largest absolute Gasteiger partial charge is 0.444 e. The number of likely N-dealkylation sites (tertiary alicyclic amines) is 1. The minimum absolute atomic E-state index is 0.282. The average molecular weight is 228 g/mol. The lowest BCUT2D eigenvalue weighted by Crippen LogP contribution is -2.45. The van der Waals surface area contributed by atoms with Crippen LogP contribution in [0.4, 0.5) is 4.79 Å². The highest BCUT2D eigenvalue weighted by Crippen LogP contribution is 2.24. The molecule has 0 aromatic rings. The molecule has 0 aliphatic carbocycles. The number of ether oxygens (including phenoxy) is 1. The van der Waals surface area contributed by atoms with Crippen LogP contribution < -0.4 is 5.73 Å². The molecule has 5 heteroatoms. The summed E-state index contributed by atoms with van der Waals surface area (Å²) >= 11 is 0. The lowest BCUT2D eigenvalue weighted by atomic mass is 10.1. The third-order valence-corrected chi connectivity index (χ3v) is 2.47. The second kappa shape index (κ2) is 4.31. The first-order valence-electron chi connectivity index (χ1n) is 5.49. The van der Waals surface area contributed by atoms with Crippen molar-refractivity contribution in [1.29, 1.82) is 0 Å². The first-order chi connectivity index (χ1) is 7.20. The molecule has 0 saturated carbocycles. The van der Waals surface area contributed by atoms with E-state index in [2.05, 4.69) is 0 Å². The first kappa shape index (κ1) is 12.8. The fourth-order valence-corrected chi connectivity index (χ4v) is 1.84. The Hall–Kier alpha value is -1.26. The Labute approximate surface area is 95.9 Å². The van der Waals surface area contributed by atoms with Crippen LogP contribution in [0.1, 0.15) is 34.1 Å². The molecule has 2 atom stereocenters. The SMILES string of the molecule is C[C@H]1C[C@@H](C(N)=O)N(C(=O)OC(C)(C)C)C1. The van der Waals surface area contributed by atoms with Crippen molar-refractivity contribution in [2.45, 2.75) is 45.8 Å². The van der Waals surface area contributed by atoms with Gasteiger partial charge in [0.2, 0.25) is 5.91 Å². The van der Waals surface area contributed by atoms with E-state index in [0.29, 0.717) is 13.0 Å². The van der Waals surface area contributed by atoms with Crippen molar-refractivity contribution in [2.75, 3.05) is 6.54 Å². The van der Waals surface area contributed by atoms with Gasteiger partial charge in [-0.15, -0.1) is 0 Å². The normalized spacial score (nSPS) is 25.6. The number of nitrogens with two attached hydrogens (primary N) is 1. The zero-order valence-corrected chi connectivity index (χ0v) is 10.3. The van der Waals surface area contributed by atoms with Crippen LogP contribution in [0.2, 0.25) is 0 Å². The number of nitrogens with zero attached hydrogens (tertiary/aromatic N) is 1. The fraction of sp³-hybridized carbons (Fsp3) is 0.818. The molecule has 1 fully saturated rings. The van der Waals surface area contributed by atoms with Gasteiger partial charge in [0.25, 0.3) is 0 Å². The molecule has 2 amide bonds. The maximum Gasteiger partial charge on any atom is 0.410 e. The summed E-state index contributed by atoms with van der Waals surface area (Å²) in [6.07, 6.45) is 0.162. The number of carbonyl (C=O) groups excluding carboxylic acids is 2. The van der Waals surface area contributed by atoms with Crippen LogP contribution in [0.3, 0.4) is 0 Å². The van der Waals surface area contributed by atoms with E-state index >= 15 is 0 Å². The van der Waals surface area contributed by atoms with Gasteiger partial charge in [0.15, 0.2) is 0 Å². The summed E-state index contributed by atoms with van der Waals surface area (Å²) < 4.78 is 5.23. The summed E-state index contributed by atoms with van der Waals surface area (Å²) in [5.41, 5.74) is 4.71. The molecule has 2 N–H and O–H groups in total. The molecule has 0 bridgehead atoms. The molecule has 1 aliphatic rings. The third kappa shape index (κ3) is 3.12. The molecule has 5 nitrogen and oxygen atoms in total. The minimum Gasteiger partial charge on any atom is -0.444 e. The van der Waals surface area contributed by atoms with Crippen LogP contribution in [0.25, 0.3) is 0 Å². The molecule has 16 heavy (non-hydrogen) atoms. The van der Waals surface area contributed by atoms with Crippen LogP contribution >= 0.6 is 0 Å². The molecule has 0 unspecified atom stereocenters. The van der Waals surface area contributed by atoms with E-state index < -0.39 is 23.6 Å². The van der Waals surface area contributed by atoms with Crippen molar-refractivity contribution in [3.05, 3.63) is 0 Å². The summed E-state index contributed by atoms with van der Waals surface area (Å²) in [4.78, 5) is 24.4. The van der Waals surface area contributed by atoms with Gasteiger partial charge >= 0.3 is 6.09 Å². The van der Waals surface area contributed by atoms with E-state index in [4.69, 9.17) is 10.5 Å². The number of primary amides is 1. The van der Waals surface area contributed by atoms with Gasteiger partial charge in [0.1, 0.15) is 11.6 Å². The van der Waals surface area contributed by atoms with E-state index in [1.807, 2.05) is 6.92 Å². The lowest BCUT2D eigenvalue weighted by molar-refractivity contribution is -0.122. The average Bonchev–Trinajstić information content (AvgIpc) is 2.44. The third-order valence-electron chi connectivity index (χ3n) is 2.47. The van der Waals surface area contributed by atoms with Gasteiger partial charge in [-0.25, -0.2) is 4.79 Å². The molecule has 0 aromatic heterocycles. The van der Waals surface area contributed by atoms with Gasteiger partial charge in [0.05, 0.1) is 0 Å². The van der Waals surface area contributed by atoms with Gasteiger partial charge in [-0.3, -0.25) is 9.69 Å². The van der Waals surface area contributed by atoms with E-state index in [-0.39, 0.29) is 5.92 Å². The maximum atomic E-state index is 11.8. The van der Waals surface area contributed by atoms with Crippen LogP contribution in [-0.2, 0) is 9.53 Å². The molecule has 92 valence electrons. The Bertz CT molecular complexity index is 296. The lowest BCUT2D eigenvalue weighted by Gasteiger charge is -2.27. The number of amides is 2. The van der Waals surface area contributed by atoms with Gasteiger partial charge < -0.3 is 10.5 Å². The number of hydrogen-bond acceptors (Lipinski definition) is 3. The molecular weight excluding hydrogens is 208 g/mol. The highest BCUT2D eigenvalue weighted by Gasteiger charge is 2.38. The van der Waals surface area contributed by atoms with Crippen LogP contribution in [0.5, 0.6) is 0 Å². The molecule has 1 aliphatic heterocycles. The summed E-state index contributed by atoms with van der Waals surface area (Å²) in [5, 5.41) is 0. The van der Waals surface area contributed by atoms with Gasteiger partial charge in [-0.2, -0.15) is 0 Å². The van der Waals surface area contributed by atoms with Crippen molar-refractivity contribution in [1.82, 2.24) is 4.90 Å². The van der Waals surface area contributed by atoms with Crippen molar-refractivity contribution in [2.24, 2.45) is 11.7 Å². The van der Waals surface area contributed by atoms with E-state index in [9.17, 15) is 9.59 Å². The standard InChI is InChI=1S/C11H20N2O3/c1-7-5-8(9(12)14)13(6-7)10(15)16-11(2,3)4/h7-8H,5-6H2,1-4H3,(H2,12,14)/t7-,8-/m0/s1. The smallest absolute Gasteiger partial charge is 0.410 e. The maximum absolute atomic E-state index is 11.8. The summed E-state index contributed by atoms with van der Waals surface area (Å²) in [6, 6.07) is -0.523. The number of carbonyl (C=O) groups is 2. The Morgan fingerprint density at radius 1 is 1.38 bits per heavy atom. The van der Waals surface area contributed by atoms with Gasteiger partial charge in [-0.1, -0.05) is 6.92 Å². The summed E-state index contributed by atoms with van der Waals surface area (Å²) in [6.45, 7) is 7.90. The Kier molecular flexibility index (Phi) is 3.45. The molecule has 0 aromatic carbocycles. The summed E-state index contributed by atoms with van der Waals surface area (Å²) in [5.74, 6) is -0.180. The summed E-state index contributed by atoms with van der Waals surface area (Å²) in [7, 11) is 0. The Balaban J connectivity index is 2.71. The van der Waals surface area contributed by atoms with Gasteiger partial charge in [0, 0.05) is 6.54 Å². The molecule has 1 rings (SSSR count). The topological polar surface area (TPSA) is 72.6 Å². The van der Waals surface area contributed by atoms with E-state index in [1.54, 1.807) is 20.8 Å². The molecule has 1 heterocycles.